The van der Waals surface area contributed by atoms with Crippen LogP contribution in [0.1, 0.15) is 17.5 Å². The maximum atomic E-state index is 10.4. The van der Waals surface area contributed by atoms with Crippen molar-refractivity contribution in [2.45, 2.75) is 6.42 Å². The van der Waals surface area contributed by atoms with Crippen molar-refractivity contribution >= 4 is 17.1 Å². The molecule has 1 aliphatic carbocycles. The Kier molecular flexibility index (Phi) is 3.14. The van der Waals surface area contributed by atoms with Crippen LogP contribution in [0.2, 0.25) is 0 Å². The van der Waals surface area contributed by atoms with Crippen molar-refractivity contribution in [2.75, 3.05) is 0 Å². The zero-order chi connectivity index (χ0) is 13.1. The van der Waals surface area contributed by atoms with Gasteiger partial charge in [0.2, 0.25) is 0 Å². The summed E-state index contributed by atoms with van der Waals surface area (Å²) in [7, 11) is 0. The van der Waals surface area contributed by atoms with Crippen LogP contribution < -0.4 is 0 Å². The number of rotatable bonds is 4. The van der Waals surface area contributed by atoms with Gasteiger partial charge in [-0.15, -0.1) is 0 Å². The fourth-order valence-electron chi connectivity index (χ4n) is 2.62. The van der Waals surface area contributed by atoms with Gasteiger partial charge in [0.1, 0.15) is 5.94 Å². The molecule has 0 bridgehead atoms. The molecular weight excluding hydrogens is 232 g/mol. The fourth-order valence-corrected chi connectivity index (χ4v) is 2.62. The number of allylic oxidation sites excluding steroid dienone is 3. The molecule has 0 saturated heterocycles. The smallest absolute Gasteiger partial charge is 0.120 e. The molecule has 2 aromatic rings. The predicted molar refractivity (Wildman–Crippen MR) is 78.1 cm³/mol. The van der Waals surface area contributed by atoms with Crippen molar-refractivity contribution < 1.29 is 4.79 Å². The lowest BCUT2D eigenvalue weighted by molar-refractivity contribution is 0.568. The zero-order valence-electron chi connectivity index (χ0n) is 10.5. The van der Waals surface area contributed by atoms with Gasteiger partial charge in [-0.05, 0) is 28.7 Å². The van der Waals surface area contributed by atoms with E-state index < -0.39 is 0 Å². The van der Waals surface area contributed by atoms with Gasteiger partial charge in [-0.3, -0.25) is 0 Å². The van der Waals surface area contributed by atoms with Crippen molar-refractivity contribution in [1.29, 1.82) is 0 Å². The van der Waals surface area contributed by atoms with Crippen molar-refractivity contribution in [2.24, 2.45) is 5.92 Å². The molecule has 3 rings (SSSR count). The second-order valence-corrected chi connectivity index (χ2v) is 4.67. The highest BCUT2D eigenvalue weighted by atomic mass is 16.1. The van der Waals surface area contributed by atoms with Crippen molar-refractivity contribution in [3.05, 3.63) is 77.9 Å². The largest absolute Gasteiger partial charge is 0.234 e. The molecule has 0 amide bonds. The summed E-state index contributed by atoms with van der Waals surface area (Å²) in [5, 5.41) is 0. The molecular formula is C18H14O. The lowest BCUT2D eigenvalue weighted by Crippen LogP contribution is -1.83. The highest BCUT2D eigenvalue weighted by molar-refractivity contribution is 6.10. The van der Waals surface area contributed by atoms with E-state index in [1.54, 1.807) is 6.08 Å². The first-order valence-corrected chi connectivity index (χ1v) is 6.46. The second kappa shape index (κ2) is 5.09. The quantitative estimate of drug-likeness (QED) is 0.745. The normalized spacial score (nSPS) is 14.1. The molecule has 0 unspecified atom stereocenters. The van der Waals surface area contributed by atoms with Crippen molar-refractivity contribution in [3.8, 4) is 0 Å². The molecule has 92 valence electrons. The van der Waals surface area contributed by atoms with Gasteiger partial charge in [-0.1, -0.05) is 60.7 Å². The summed E-state index contributed by atoms with van der Waals surface area (Å²) in [6, 6.07) is 20.8. The molecule has 2 aromatic carbocycles. The molecule has 0 N–H and O–H groups in total. The Bertz CT molecular complexity index is 597. The summed E-state index contributed by atoms with van der Waals surface area (Å²) < 4.78 is 0. The maximum Gasteiger partial charge on any atom is 0.120 e. The topological polar surface area (TPSA) is 17.1 Å². The van der Waals surface area contributed by atoms with Gasteiger partial charge in [-0.2, -0.15) is 0 Å². The maximum absolute atomic E-state index is 10.4. The Balaban J connectivity index is 1.97. The molecule has 0 spiro atoms. The first kappa shape index (κ1) is 11.7. The summed E-state index contributed by atoms with van der Waals surface area (Å²) in [6.45, 7) is 0. The number of hydrogen-bond donors (Lipinski definition) is 0. The molecule has 0 aromatic heterocycles. The minimum atomic E-state index is 0.367. The monoisotopic (exact) mass is 246 g/mol. The third-order valence-corrected chi connectivity index (χ3v) is 3.51. The van der Waals surface area contributed by atoms with Crippen molar-refractivity contribution in [3.63, 3.8) is 0 Å². The molecule has 19 heavy (non-hydrogen) atoms. The van der Waals surface area contributed by atoms with Crippen LogP contribution >= 0.6 is 0 Å². The van der Waals surface area contributed by atoms with Crippen LogP contribution in [-0.4, -0.2) is 5.94 Å². The highest BCUT2D eigenvalue weighted by Gasteiger charge is 2.36. The minimum Gasteiger partial charge on any atom is -0.234 e. The zero-order valence-corrected chi connectivity index (χ0v) is 10.5. The van der Waals surface area contributed by atoms with Crippen LogP contribution in [0.4, 0.5) is 0 Å². The van der Waals surface area contributed by atoms with E-state index in [1.807, 2.05) is 18.1 Å². The molecule has 1 nitrogen and oxygen atoms in total. The molecule has 1 aliphatic rings. The molecule has 0 heterocycles. The average Bonchev–Trinajstić information content (AvgIpc) is 3.21. The molecule has 1 heteroatoms. The summed E-state index contributed by atoms with van der Waals surface area (Å²) in [5.74, 6) is 2.25. The Morgan fingerprint density at radius 2 is 1.32 bits per heavy atom. The van der Waals surface area contributed by atoms with E-state index in [4.69, 9.17) is 0 Å². The van der Waals surface area contributed by atoms with Crippen LogP contribution in [0.25, 0.3) is 11.1 Å². The average molecular weight is 246 g/mol. The van der Waals surface area contributed by atoms with Gasteiger partial charge in [-0.25, -0.2) is 4.79 Å². The van der Waals surface area contributed by atoms with Crippen LogP contribution in [0, 0.1) is 5.92 Å². The second-order valence-electron chi connectivity index (χ2n) is 4.67. The molecule has 0 aliphatic heterocycles. The molecule has 0 saturated carbocycles. The van der Waals surface area contributed by atoms with Gasteiger partial charge in [0.15, 0.2) is 0 Å². The van der Waals surface area contributed by atoms with E-state index in [2.05, 4.69) is 48.5 Å². The summed E-state index contributed by atoms with van der Waals surface area (Å²) in [4.78, 5) is 10.4. The minimum absolute atomic E-state index is 0.367. The Morgan fingerprint density at radius 3 is 1.74 bits per heavy atom. The fraction of sp³-hybridized carbons (Fsp3) is 0.111. The third-order valence-electron chi connectivity index (χ3n) is 3.51. The first-order chi connectivity index (χ1) is 9.42. The number of carbonyl (C=O) groups excluding carboxylic acids is 1. The first-order valence-electron chi connectivity index (χ1n) is 6.46. The highest BCUT2D eigenvalue weighted by Crippen LogP contribution is 2.54. The van der Waals surface area contributed by atoms with Crippen molar-refractivity contribution in [1.82, 2.24) is 0 Å². The third kappa shape index (κ3) is 2.29. The van der Waals surface area contributed by atoms with E-state index in [0.717, 1.165) is 6.42 Å². The summed E-state index contributed by atoms with van der Waals surface area (Å²) >= 11 is 0. The van der Waals surface area contributed by atoms with Crippen LogP contribution in [0.15, 0.2) is 66.7 Å². The van der Waals surface area contributed by atoms with E-state index in [0.29, 0.717) is 5.92 Å². The van der Waals surface area contributed by atoms with Crippen LogP contribution in [0.3, 0.4) is 0 Å². The van der Waals surface area contributed by atoms with Gasteiger partial charge in [0.05, 0.1) is 0 Å². The molecule has 0 fully saturated rings. The van der Waals surface area contributed by atoms with Gasteiger partial charge in [0.25, 0.3) is 0 Å². The standard InChI is InChI=1S/C18H14O/c19-13-7-12-16-17(14-8-3-1-4-9-14)18(16)15-10-5-2-6-11-15/h1-11,16H,12H2. The number of benzene rings is 2. The predicted octanol–water partition coefficient (Wildman–Crippen LogP) is 4.01. The lowest BCUT2D eigenvalue weighted by atomic mass is 10.1. The Hall–Kier alpha value is -2.37. The van der Waals surface area contributed by atoms with Gasteiger partial charge < -0.3 is 0 Å². The summed E-state index contributed by atoms with van der Waals surface area (Å²) in [5.41, 5.74) is 5.23. The Labute approximate surface area is 112 Å². The van der Waals surface area contributed by atoms with E-state index in [-0.39, 0.29) is 0 Å². The van der Waals surface area contributed by atoms with Crippen LogP contribution in [-0.2, 0) is 4.79 Å². The lowest BCUT2D eigenvalue weighted by Gasteiger charge is -1.96. The number of hydrogen-bond acceptors (Lipinski definition) is 1. The molecule has 0 atom stereocenters. The summed E-state index contributed by atoms with van der Waals surface area (Å²) in [6.07, 6.45) is 2.33. The van der Waals surface area contributed by atoms with E-state index >= 15 is 0 Å². The molecule has 0 radical (unpaired) electrons. The van der Waals surface area contributed by atoms with Crippen LogP contribution in [0.5, 0.6) is 0 Å². The van der Waals surface area contributed by atoms with E-state index in [9.17, 15) is 4.79 Å². The van der Waals surface area contributed by atoms with Gasteiger partial charge >= 0.3 is 0 Å². The van der Waals surface area contributed by atoms with Gasteiger partial charge in [0, 0.05) is 12.0 Å². The van der Waals surface area contributed by atoms with E-state index in [1.165, 1.54) is 22.3 Å². The SMILES string of the molecule is O=C=CCC1C(c2ccccc2)=C1c1ccccc1. The Morgan fingerprint density at radius 1 is 0.842 bits per heavy atom.